The van der Waals surface area contributed by atoms with E-state index < -0.39 is 0 Å². The van der Waals surface area contributed by atoms with Crippen molar-refractivity contribution < 1.29 is 9.53 Å². The van der Waals surface area contributed by atoms with E-state index in [2.05, 4.69) is 15.6 Å². The molecule has 0 bridgehead atoms. The second-order valence-corrected chi connectivity index (χ2v) is 2.95. The second-order valence-electron chi connectivity index (χ2n) is 2.95. The largest absolute Gasteiger partial charge is 0.383 e. The van der Waals surface area contributed by atoms with Crippen molar-refractivity contribution in [3.05, 3.63) is 24.5 Å². The molecule has 1 amide bonds. The van der Waals surface area contributed by atoms with Crippen LogP contribution in [0.4, 0.5) is 5.69 Å². The van der Waals surface area contributed by atoms with Gasteiger partial charge in [-0.05, 0) is 12.1 Å². The molecule has 1 rings (SSSR count). The van der Waals surface area contributed by atoms with Crippen LogP contribution in [0.5, 0.6) is 0 Å². The number of nitrogens with one attached hydrogen (secondary N) is 2. The third-order valence-electron chi connectivity index (χ3n) is 1.73. The second kappa shape index (κ2) is 6.92. The van der Waals surface area contributed by atoms with Gasteiger partial charge in [-0.3, -0.25) is 9.78 Å². The zero-order valence-corrected chi connectivity index (χ0v) is 8.69. The van der Waals surface area contributed by atoms with Crippen LogP contribution in [-0.4, -0.2) is 37.7 Å². The molecule has 0 saturated carbocycles. The number of rotatable bonds is 6. The molecular formula is C10H15N3O2. The quantitative estimate of drug-likeness (QED) is 0.659. The molecule has 5 nitrogen and oxygen atoms in total. The third-order valence-corrected chi connectivity index (χ3v) is 1.73. The number of pyridine rings is 1. The number of carbonyl (C=O) groups is 1. The van der Waals surface area contributed by atoms with Crippen LogP contribution in [0.15, 0.2) is 24.5 Å². The Balaban J connectivity index is 2.19. The highest BCUT2D eigenvalue weighted by Gasteiger charge is 2.00. The Labute approximate surface area is 88.9 Å². The number of methoxy groups -OCH3 is 1. The molecule has 0 aliphatic rings. The molecule has 0 atom stereocenters. The van der Waals surface area contributed by atoms with Gasteiger partial charge >= 0.3 is 0 Å². The Morgan fingerprint density at radius 3 is 2.87 bits per heavy atom. The van der Waals surface area contributed by atoms with Gasteiger partial charge in [0.25, 0.3) is 0 Å². The van der Waals surface area contributed by atoms with E-state index in [1.807, 2.05) is 0 Å². The van der Waals surface area contributed by atoms with Crippen LogP contribution in [0.2, 0.25) is 0 Å². The summed E-state index contributed by atoms with van der Waals surface area (Å²) in [6.07, 6.45) is 3.27. The van der Waals surface area contributed by atoms with Crippen LogP contribution in [0.1, 0.15) is 0 Å². The van der Waals surface area contributed by atoms with Crippen molar-refractivity contribution in [1.29, 1.82) is 0 Å². The molecule has 0 spiro atoms. The fourth-order valence-corrected chi connectivity index (χ4v) is 1.02. The molecule has 15 heavy (non-hydrogen) atoms. The summed E-state index contributed by atoms with van der Waals surface area (Å²) in [6.45, 7) is 1.55. The maximum absolute atomic E-state index is 11.3. The summed E-state index contributed by atoms with van der Waals surface area (Å²) >= 11 is 0. The molecule has 1 heterocycles. The fraction of sp³-hybridized carbons (Fsp3) is 0.400. The van der Waals surface area contributed by atoms with Crippen LogP contribution >= 0.6 is 0 Å². The summed E-state index contributed by atoms with van der Waals surface area (Å²) in [5, 5.41) is 5.69. The normalized spacial score (nSPS) is 9.93. The number of aromatic nitrogens is 1. The van der Waals surface area contributed by atoms with Gasteiger partial charge in [0.15, 0.2) is 0 Å². The van der Waals surface area contributed by atoms with Gasteiger partial charge in [0.1, 0.15) is 0 Å². The molecule has 1 aromatic rings. The first-order valence-corrected chi connectivity index (χ1v) is 4.72. The van der Waals surface area contributed by atoms with Crippen molar-refractivity contribution in [1.82, 2.24) is 10.3 Å². The fourth-order valence-electron chi connectivity index (χ4n) is 1.02. The first-order valence-electron chi connectivity index (χ1n) is 4.72. The molecule has 0 saturated heterocycles. The molecule has 82 valence electrons. The van der Waals surface area contributed by atoms with Crippen molar-refractivity contribution in [3.63, 3.8) is 0 Å². The van der Waals surface area contributed by atoms with Crippen molar-refractivity contribution in [2.24, 2.45) is 0 Å². The Morgan fingerprint density at radius 2 is 2.20 bits per heavy atom. The number of ether oxygens (including phenoxy) is 1. The zero-order chi connectivity index (χ0) is 10.9. The summed E-state index contributed by atoms with van der Waals surface area (Å²) < 4.78 is 4.84. The predicted octanol–water partition coefficient (Wildman–Crippen LogP) is 0.256. The summed E-state index contributed by atoms with van der Waals surface area (Å²) in [5.74, 6) is -0.0719. The molecule has 5 heteroatoms. The van der Waals surface area contributed by atoms with Gasteiger partial charge in [-0.1, -0.05) is 0 Å². The number of hydrogen-bond donors (Lipinski definition) is 2. The standard InChI is InChI=1S/C10H15N3O2/c1-15-7-6-12-8-10(14)13-9-2-4-11-5-3-9/h2-5,12H,6-8H2,1H3,(H,11,13,14). The predicted molar refractivity (Wildman–Crippen MR) is 57.6 cm³/mol. The lowest BCUT2D eigenvalue weighted by molar-refractivity contribution is -0.115. The van der Waals surface area contributed by atoms with E-state index in [4.69, 9.17) is 4.74 Å². The SMILES string of the molecule is COCCNCC(=O)Nc1ccncc1. The molecule has 2 N–H and O–H groups in total. The molecule has 0 aromatic carbocycles. The molecule has 0 radical (unpaired) electrons. The van der Waals surface area contributed by atoms with Crippen molar-refractivity contribution >= 4 is 11.6 Å². The Morgan fingerprint density at radius 1 is 1.47 bits per heavy atom. The average Bonchev–Trinajstić information content (AvgIpc) is 2.26. The van der Waals surface area contributed by atoms with E-state index in [1.54, 1.807) is 31.6 Å². The number of carbonyl (C=O) groups excluding carboxylic acids is 1. The lowest BCUT2D eigenvalue weighted by Gasteiger charge is -2.05. The van der Waals surface area contributed by atoms with Gasteiger partial charge in [-0.15, -0.1) is 0 Å². The van der Waals surface area contributed by atoms with Crippen molar-refractivity contribution in [2.75, 3.05) is 32.1 Å². The molecule has 0 fully saturated rings. The molecule has 0 unspecified atom stereocenters. The van der Waals surface area contributed by atoms with Gasteiger partial charge in [-0.25, -0.2) is 0 Å². The van der Waals surface area contributed by atoms with Crippen LogP contribution in [0, 0.1) is 0 Å². The topological polar surface area (TPSA) is 63.2 Å². The van der Waals surface area contributed by atoms with Crippen LogP contribution in [0.3, 0.4) is 0 Å². The maximum atomic E-state index is 11.3. The van der Waals surface area contributed by atoms with Gasteiger partial charge < -0.3 is 15.4 Å². The van der Waals surface area contributed by atoms with E-state index in [0.29, 0.717) is 13.2 Å². The molecule has 0 aliphatic heterocycles. The van der Waals surface area contributed by atoms with Gasteiger partial charge in [0.2, 0.25) is 5.91 Å². The van der Waals surface area contributed by atoms with E-state index >= 15 is 0 Å². The highest BCUT2D eigenvalue weighted by atomic mass is 16.5. The van der Waals surface area contributed by atoms with Crippen molar-refractivity contribution in [3.8, 4) is 0 Å². The van der Waals surface area contributed by atoms with Crippen LogP contribution < -0.4 is 10.6 Å². The summed E-state index contributed by atoms with van der Waals surface area (Å²) in [5.41, 5.74) is 0.753. The van der Waals surface area contributed by atoms with E-state index in [9.17, 15) is 4.79 Å². The number of anilines is 1. The van der Waals surface area contributed by atoms with Gasteiger partial charge in [-0.2, -0.15) is 0 Å². The van der Waals surface area contributed by atoms with Gasteiger partial charge in [0, 0.05) is 31.7 Å². The van der Waals surface area contributed by atoms with E-state index in [1.165, 1.54) is 0 Å². The maximum Gasteiger partial charge on any atom is 0.238 e. The van der Waals surface area contributed by atoms with Crippen molar-refractivity contribution in [2.45, 2.75) is 0 Å². The van der Waals surface area contributed by atoms with Gasteiger partial charge in [0.05, 0.1) is 13.2 Å². The number of nitrogens with zero attached hydrogens (tertiary/aromatic N) is 1. The molecule has 0 aliphatic carbocycles. The third kappa shape index (κ3) is 5.09. The minimum absolute atomic E-state index is 0.0719. The zero-order valence-electron chi connectivity index (χ0n) is 8.69. The molecular weight excluding hydrogens is 194 g/mol. The molecule has 1 aromatic heterocycles. The summed E-state index contributed by atoms with van der Waals surface area (Å²) in [6, 6.07) is 3.49. The minimum atomic E-state index is -0.0719. The highest BCUT2D eigenvalue weighted by molar-refractivity contribution is 5.92. The number of hydrogen-bond acceptors (Lipinski definition) is 4. The Kier molecular flexibility index (Phi) is 5.35. The Hall–Kier alpha value is -1.46. The van der Waals surface area contributed by atoms with E-state index in [-0.39, 0.29) is 12.5 Å². The number of amides is 1. The van der Waals surface area contributed by atoms with Crippen LogP contribution in [0.25, 0.3) is 0 Å². The van der Waals surface area contributed by atoms with E-state index in [0.717, 1.165) is 5.69 Å². The average molecular weight is 209 g/mol. The lowest BCUT2D eigenvalue weighted by atomic mass is 10.4. The highest BCUT2D eigenvalue weighted by Crippen LogP contribution is 2.01. The smallest absolute Gasteiger partial charge is 0.238 e. The summed E-state index contributed by atoms with van der Waals surface area (Å²) in [4.78, 5) is 15.2. The first-order chi connectivity index (χ1) is 7.33. The monoisotopic (exact) mass is 209 g/mol. The minimum Gasteiger partial charge on any atom is -0.383 e. The Bertz CT molecular complexity index is 290. The van der Waals surface area contributed by atoms with Crippen LogP contribution in [-0.2, 0) is 9.53 Å². The summed E-state index contributed by atoms with van der Waals surface area (Å²) in [7, 11) is 1.62. The first kappa shape index (κ1) is 11.6. The lowest BCUT2D eigenvalue weighted by Crippen LogP contribution is -2.30.